The molecule has 3 rings (SSSR count). The smallest absolute Gasteiger partial charge is 0.259 e. The number of nitrogens with zero attached hydrogens (tertiary/aromatic N) is 2. The fraction of sp³-hybridized carbons (Fsp3) is 0.333. The van der Waals surface area contributed by atoms with Gasteiger partial charge in [-0.15, -0.1) is 0 Å². The largest absolute Gasteiger partial charge is 0.496 e. The van der Waals surface area contributed by atoms with E-state index >= 15 is 0 Å². The number of rotatable bonds is 4. The summed E-state index contributed by atoms with van der Waals surface area (Å²) in [5.41, 5.74) is 1.16. The molecule has 2 aromatic rings. The molecule has 0 spiro atoms. The zero-order valence-electron chi connectivity index (χ0n) is 11.8. The molecule has 0 radical (unpaired) electrons. The van der Waals surface area contributed by atoms with Crippen LogP contribution >= 0.6 is 0 Å². The topological polar surface area (TPSA) is 65.4 Å². The van der Waals surface area contributed by atoms with Crippen LogP contribution in [0.4, 0.5) is 5.69 Å². The van der Waals surface area contributed by atoms with Gasteiger partial charge >= 0.3 is 0 Å². The fourth-order valence-electron chi connectivity index (χ4n) is 2.36. The number of hydrogen-bond donors (Lipinski definition) is 1. The van der Waals surface area contributed by atoms with E-state index in [9.17, 15) is 4.79 Å². The Morgan fingerprint density at radius 3 is 3.10 bits per heavy atom. The third-order valence-corrected chi connectivity index (χ3v) is 3.49. The van der Waals surface area contributed by atoms with Crippen molar-refractivity contribution in [2.24, 2.45) is 0 Å². The monoisotopic (exact) mass is 287 g/mol. The summed E-state index contributed by atoms with van der Waals surface area (Å²) in [6.07, 6.45) is 4.42. The van der Waals surface area contributed by atoms with Crippen molar-refractivity contribution in [1.82, 2.24) is 9.78 Å². The molecule has 1 aliphatic heterocycles. The molecule has 1 aromatic carbocycles. The molecule has 0 aliphatic carbocycles. The second-order valence-corrected chi connectivity index (χ2v) is 4.88. The normalized spacial score (nSPS) is 17.7. The summed E-state index contributed by atoms with van der Waals surface area (Å²) in [6, 6.07) is 7.36. The van der Waals surface area contributed by atoms with Crippen LogP contribution in [0.2, 0.25) is 0 Å². The molecule has 1 unspecified atom stereocenters. The van der Waals surface area contributed by atoms with Crippen LogP contribution in [0.15, 0.2) is 36.7 Å². The third kappa shape index (κ3) is 2.90. The van der Waals surface area contributed by atoms with Crippen molar-refractivity contribution < 1.29 is 14.3 Å². The number of methoxy groups -OCH3 is 1. The van der Waals surface area contributed by atoms with Gasteiger partial charge in [-0.1, -0.05) is 12.1 Å². The van der Waals surface area contributed by atoms with Crippen LogP contribution in [-0.4, -0.2) is 36.0 Å². The Bertz CT molecular complexity index is 633. The Kier molecular flexibility index (Phi) is 3.87. The van der Waals surface area contributed by atoms with Crippen LogP contribution < -0.4 is 10.1 Å². The van der Waals surface area contributed by atoms with E-state index in [-0.39, 0.29) is 11.9 Å². The lowest BCUT2D eigenvalue weighted by Gasteiger charge is -2.08. The molecule has 1 amide bonds. The Morgan fingerprint density at radius 1 is 1.48 bits per heavy atom. The molecule has 1 atom stereocenters. The highest BCUT2D eigenvalue weighted by Crippen LogP contribution is 2.21. The minimum absolute atomic E-state index is 0.213. The van der Waals surface area contributed by atoms with Gasteiger partial charge in [0, 0.05) is 12.8 Å². The van der Waals surface area contributed by atoms with Gasteiger partial charge < -0.3 is 14.8 Å². The van der Waals surface area contributed by atoms with E-state index in [2.05, 4.69) is 10.4 Å². The highest BCUT2D eigenvalue weighted by molar-refractivity contribution is 6.06. The molecule has 2 heterocycles. The number of amides is 1. The van der Waals surface area contributed by atoms with Gasteiger partial charge in [0.2, 0.25) is 0 Å². The molecule has 0 bridgehead atoms. The number of benzene rings is 1. The molecule has 1 aliphatic rings. The van der Waals surface area contributed by atoms with E-state index in [1.165, 1.54) is 0 Å². The summed E-state index contributed by atoms with van der Waals surface area (Å²) in [5.74, 6) is 0.334. The SMILES string of the molecule is COc1ccccc1C(=O)Nc1cnn(C2CCOC2)c1. The predicted octanol–water partition coefficient (Wildman–Crippen LogP) is 2.11. The van der Waals surface area contributed by atoms with Crippen molar-refractivity contribution in [3.63, 3.8) is 0 Å². The number of carbonyl (C=O) groups excluding carboxylic acids is 1. The molecule has 6 nitrogen and oxygen atoms in total. The molecule has 110 valence electrons. The Hall–Kier alpha value is -2.34. The van der Waals surface area contributed by atoms with Crippen molar-refractivity contribution in [2.75, 3.05) is 25.6 Å². The van der Waals surface area contributed by atoms with Crippen molar-refractivity contribution in [3.05, 3.63) is 42.2 Å². The van der Waals surface area contributed by atoms with Crippen LogP contribution in [0.5, 0.6) is 5.75 Å². The van der Waals surface area contributed by atoms with Gasteiger partial charge in [0.15, 0.2) is 0 Å². The standard InChI is InChI=1S/C15H17N3O3/c1-20-14-5-3-2-4-13(14)15(19)17-11-8-16-18(9-11)12-6-7-21-10-12/h2-5,8-9,12H,6-7,10H2,1H3,(H,17,19). The van der Waals surface area contributed by atoms with E-state index in [1.807, 2.05) is 16.9 Å². The van der Waals surface area contributed by atoms with Gasteiger partial charge in [-0.2, -0.15) is 5.10 Å². The molecular weight excluding hydrogens is 270 g/mol. The maximum absolute atomic E-state index is 12.3. The summed E-state index contributed by atoms with van der Waals surface area (Å²) in [6.45, 7) is 1.43. The molecule has 1 fully saturated rings. The number of anilines is 1. The van der Waals surface area contributed by atoms with Crippen LogP contribution in [0.3, 0.4) is 0 Å². The van der Waals surface area contributed by atoms with Crippen molar-refractivity contribution in [1.29, 1.82) is 0 Å². The average Bonchev–Trinajstić information content (AvgIpc) is 3.17. The maximum atomic E-state index is 12.3. The van der Waals surface area contributed by atoms with E-state index in [4.69, 9.17) is 9.47 Å². The Balaban J connectivity index is 1.72. The number of ether oxygens (including phenoxy) is 2. The molecule has 1 N–H and O–H groups in total. The fourth-order valence-corrected chi connectivity index (χ4v) is 2.36. The highest BCUT2D eigenvalue weighted by atomic mass is 16.5. The first-order valence-corrected chi connectivity index (χ1v) is 6.84. The highest BCUT2D eigenvalue weighted by Gasteiger charge is 2.19. The third-order valence-electron chi connectivity index (χ3n) is 3.49. The quantitative estimate of drug-likeness (QED) is 0.935. The molecule has 0 saturated carbocycles. The van der Waals surface area contributed by atoms with Gasteiger partial charge in [0.25, 0.3) is 5.91 Å². The summed E-state index contributed by atoms with van der Waals surface area (Å²) >= 11 is 0. The number of para-hydroxylation sites is 1. The molecular formula is C15H17N3O3. The zero-order chi connectivity index (χ0) is 14.7. The number of nitrogens with one attached hydrogen (secondary N) is 1. The van der Waals surface area contributed by atoms with Gasteiger partial charge in [-0.3, -0.25) is 9.48 Å². The Morgan fingerprint density at radius 2 is 2.33 bits per heavy atom. The van der Waals surface area contributed by atoms with Crippen LogP contribution in [-0.2, 0) is 4.74 Å². The van der Waals surface area contributed by atoms with Gasteiger partial charge in [0.05, 0.1) is 37.2 Å². The van der Waals surface area contributed by atoms with E-state index in [0.29, 0.717) is 23.6 Å². The summed E-state index contributed by atoms with van der Waals surface area (Å²) in [7, 11) is 1.55. The summed E-state index contributed by atoms with van der Waals surface area (Å²) < 4.78 is 12.4. The van der Waals surface area contributed by atoms with Crippen molar-refractivity contribution in [3.8, 4) is 5.75 Å². The summed E-state index contributed by atoms with van der Waals surface area (Å²) in [4.78, 5) is 12.3. The minimum Gasteiger partial charge on any atom is -0.496 e. The van der Waals surface area contributed by atoms with Crippen LogP contribution in [0, 0.1) is 0 Å². The lowest BCUT2D eigenvalue weighted by molar-refractivity contribution is 0.102. The van der Waals surface area contributed by atoms with E-state index in [0.717, 1.165) is 13.0 Å². The average molecular weight is 287 g/mol. The van der Waals surface area contributed by atoms with Crippen molar-refractivity contribution >= 4 is 11.6 Å². The van der Waals surface area contributed by atoms with E-state index in [1.54, 1.807) is 31.5 Å². The number of carbonyl (C=O) groups is 1. The van der Waals surface area contributed by atoms with Crippen LogP contribution in [0.1, 0.15) is 22.8 Å². The first kappa shape index (κ1) is 13.6. The second-order valence-electron chi connectivity index (χ2n) is 4.88. The van der Waals surface area contributed by atoms with E-state index < -0.39 is 0 Å². The Labute approximate surface area is 122 Å². The molecule has 6 heteroatoms. The molecule has 1 saturated heterocycles. The second kappa shape index (κ2) is 5.97. The van der Waals surface area contributed by atoms with Crippen LogP contribution in [0.25, 0.3) is 0 Å². The minimum atomic E-state index is -0.213. The summed E-state index contributed by atoms with van der Waals surface area (Å²) in [5, 5.41) is 7.11. The first-order chi connectivity index (χ1) is 10.3. The lowest BCUT2D eigenvalue weighted by Crippen LogP contribution is -2.13. The maximum Gasteiger partial charge on any atom is 0.259 e. The molecule has 1 aromatic heterocycles. The lowest BCUT2D eigenvalue weighted by atomic mass is 10.2. The van der Waals surface area contributed by atoms with Gasteiger partial charge in [-0.25, -0.2) is 0 Å². The van der Waals surface area contributed by atoms with Crippen molar-refractivity contribution in [2.45, 2.75) is 12.5 Å². The number of hydrogen-bond acceptors (Lipinski definition) is 4. The first-order valence-electron chi connectivity index (χ1n) is 6.84. The van der Waals surface area contributed by atoms with Gasteiger partial charge in [-0.05, 0) is 18.6 Å². The predicted molar refractivity (Wildman–Crippen MR) is 77.6 cm³/mol. The van der Waals surface area contributed by atoms with Gasteiger partial charge in [0.1, 0.15) is 5.75 Å². The molecule has 21 heavy (non-hydrogen) atoms. The zero-order valence-corrected chi connectivity index (χ0v) is 11.8. The number of aromatic nitrogens is 2.